The Morgan fingerprint density at radius 3 is 2.75 bits per heavy atom. The van der Waals surface area contributed by atoms with Gasteiger partial charge in [0.1, 0.15) is 0 Å². The van der Waals surface area contributed by atoms with Crippen molar-refractivity contribution in [2.75, 3.05) is 26.8 Å². The van der Waals surface area contributed by atoms with Crippen LogP contribution in [0, 0.1) is 0 Å². The highest BCUT2D eigenvalue weighted by Crippen LogP contribution is 2.11. The molecule has 0 radical (unpaired) electrons. The Labute approximate surface area is 74.3 Å². The second kappa shape index (κ2) is 4.80. The minimum Gasteiger partial charge on any atom is -0.389 e. The van der Waals surface area contributed by atoms with Gasteiger partial charge < -0.3 is 9.84 Å². The predicted octanol–water partition coefficient (Wildman–Crippen LogP) is 0.478. The third-order valence-electron chi connectivity index (χ3n) is 2.45. The van der Waals surface area contributed by atoms with Crippen LogP contribution in [0.25, 0.3) is 0 Å². The Kier molecular flexibility index (Phi) is 3.98. The number of aliphatic hydroxyl groups is 1. The van der Waals surface area contributed by atoms with Crippen molar-refractivity contribution in [1.29, 1.82) is 0 Å². The Bertz CT molecular complexity index is 130. The Morgan fingerprint density at radius 1 is 1.50 bits per heavy atom. The van der Waals surface area contributed by atoms with Gasteiger partial charge in [0.15, 0.2) is 0 Å². The number of rotatable bonds is 4. The first kappa shape index (κ1) is 9.96. The number of unbranched alkanes of at least 4 members (excludes halogenated alkanes) is 1. The van der Waals surface area contributed by atoms with Crippen molar-refractivity contribution in [3.05, 3.63) is 0 Å². The molecular formula is C9H19NO2. The molecule has 1 N–H and O–H groups in total. The molecule has 1 fully saturated rings. The summed E-state index contributed by atoms with van der Waals surface area (Å²) in [7, 11) is 2.05. The molecule has 0 spiro atoms. The van der Waals surface area contributed by atoms with Gasteiger partial charge in [-0.25, -0.2) is 0 Å². The molecule has 0 unspecified atom stereocenters. The first-order valence-electron chi connectivity index (χ1n) is 4.71. The van der Waals surface area contributed by atoms with Crippen LogP contribution in [0.5, 0.6) is 0 Å². The molecule has 1 aliphatic rings. The van der Waals surface area contributed by atoms with Crippen molar-refractivity contribution < 1.29 is 9.84 Å². The molecule has 0 aromatic rings. The van der Waals surface area contributed by atoms with Crippen molar-refractivity contribution in [2.45, 2.75) is 31.9 Å². The number of aliphatic hydroxyl groups excluding tert-OH is 1. The molecule has 3 heteroatoms. The molecule has 72 valence electrons. The van der Waals surface area contributed by atoms with Gasteiger partial charge in [0.05, 0.1) is 25.4 Å². The number of ether oxygens (including phenoxy) is 1. The lowest BCUT2D eigenvalue weighted by Crippen LogP contribution is -2.40. The normalized spacial score (nSPS) is 30.0. The summed E-state index contributed by atoms with van der Waals surface area (Å²) in [5.41, 5.74) is 0. The standard InChI is InChI=1S/C9H19NO2/c1-3-4-5-10(2)8-6-12-7-9(8)11/h8-9,11H,3-7H2,1-2H3/t8-,9-/m1/s1. The highest BCUT2D eigenvalue weighted by atomic mass is 16.5. The molecular weight excluding hydrogens is 154 g/mol. The van der Waals surface area contributed by atoms with Crippen LogP contribution in [0.4, 0.5) is 0 Å². The zero-order valence-corrected chi connectivity index (χ0v) is 7.99. The summed E-state index contributed by atoms with van der Waals surface area (Å²) in [6.07, 6.45) is 2.11. The lowest BCUT2D eigenvalue weighted by molar-refractivity contribution is 0.0950. The van der Waals surface area contributed by atoms with E-state index < -0.39 is 0 Å². The molecule has 1 saturated heterocycles. The minimum absolute atomic E-state index is 0.219. The highest BCUT2D eigenvalue weighted by molar-refractivity contribution is 4.81. The Hall–Kier alpha value is -0.120. The van der Waals surface area contributed by atoms with Gasteiger partial charge in [-0.3, -0.25) is 4.90 Å². The van der Waals surface area contributed by atoms with E-state index in [9.17, 15) is 5.11 Å². The van der Waals surface area contributed by atoms with Gasteiger partial charge in [-0.2, -0.15) is 0 Å². The van der Waals surface area contributed by atoms with E-state index in [0.29, 0.717) is 13.2 Å². The van der Waals surface area contributed by atoms with Crippen LogP contribution in [0.1, 0.15) is 19.8 Å². The Balaban J connectivity index is 2.25. The molecule has 3 nitrogen and oxygen atoms in total. The highest BCUT2D eigenvalue weighted by Gasteiger charge is 2.28. The third kappa shape index (κ3) is 2.44. The van der Waals surface area contributed by atoms with Crippen LogP contribution in [0.2, 0.25) is 0 Å². The van der Waals surface area contributed by atoms with Crippen molar-refractivity contribution in [2.24, 2.45) is 0 Å². The smallest absolute Gasteiger partial charge is 0.0950 e. The summed E-state index contributed by atoms with van der Waals surface area (Å²) in [6, 6.07) is 0.219. The SMILES string of the molecule is CCCCN(C)[C@@H]1COC[C@H]1O. The van der Waals surface area contributed by atoms with Crippen LogP contribution < -0.4 is 0 Å². The van der Waals surface area contributed by atoms with Crippen molar-refractivity contribution in [1.82, 2.24) is 4.90 Å². The maximum atomic E-state index is 9.49. The molecule has 1 heterocycles. The molecule has 0 aromatic heterocycles. The molecule has 12 heavy (non-hydrogen) atoms. The average molecular weight is 173 g/mol. The first-order valence-corrected chi connectivity index (χ1v) is 4.71. The summed E-state index contributed by atoms with van der Waals surface area (Å²) in [5, 5.41) is 9.49. The summed E-state index contributed by atoms with van der Waals surface area (Å²) < 4.78 is 5.18. The topological polar surface area (TPSA) is 32.7 Å². The monoisotopic (exact) mass is 173 g/mol. The summed E-state index contributed by atoms with van der Waals surface area (Å²) in [6.45, 7) is 4.42. The fourth-order valence-electron chi connectivity index (χ4n) is 1.53. The van der Waals surface area contributed by atoms with Crippen LogP contribution in [0.3, 0.4) is 0 Å². The van der Waals surface area contributed by atoms with E-state index in [2.05, 4.69) is 18.9 Å². The van der Waals surface area contributed by atoms with E-state index >= 15 is 0 Å². The lowest BCUT2D eigenvalue weighted by Gasteiger charge is -2.24. The van der Waals surface area contributed by atoms with Crippen molar-refractivity contribution >= 4 is 0 Å². The largest absolute Gasteiger partial charge is 0.389 e. The number of hydrogen-bond acceptors (Lipinski definition) is 3. The molecule has 0 aromatic carbocycles. The Morgan fingerprint density at radius 2 is 2.25 bits per heavy atom. The summed E-state index contributed by atoms with van der Waals surface area (Å²) >= 11 is 0. The van der Waals surface area contributed by atoms with Gasteiger partial charge in [-0.1, -0.05) is 13.3 Å². The quantitative estimate of drug-likeness (QED) is 0.671. The van der Waals surface area contributed by atoms with E-state index in [-0.39, 0.29) is 12.1 Å². The first-order chi connectivity index (χ1) is 5.75. The molecule has 0 saturated carbocycles. The second-order valence-electron chi connectivity index (χ2n) is 3.51. The van der Waals surface area contributed by atoms with E-state index in [1.54, 1.807) is 0 Å². The lowest BCUT2D eigenvalue weighted by atomic mass is 10.2. The zero-order valence-electron chi connectivity index (χ0n) is 7.99. The van der Waals surface area contributed by atoms with Gasteiger partial charge in [0, 0.05) is 0 Å². The van der Waals surface area contributed by atoms with E-state index in [1.165, 1.54) is 12.8 Å². The van der Waals surface area contributed by atoms with Crippen LogP contribution in [-0.4, -0.2) is 49.0 Å². The van der Waals surface area contributed by atoms with Crippen LogP contribution >= 0.6 is 0 Å². The molecule has 2 atom stereocenters. The van der Waals surface area contributed by atoms with E-state index in [1.807, 2.05) is 0 Å². The zero-order chi connectivity index (χ0) is 8.97. The fourth-order valence-corrected chi connectivity index (χ4v) is 1.53. The summed E-state index contributed by atoms with van der Waals surface area (Å²) in [5.74, 6) is 0. The van der Waals surface area contributed by atoms with E-state index in [4.69, 9.17) is 4.74 Å². The molecule has 1 aliphatic heterocycles. The predicted molar refractivity (Wildman–Crippen MR) is 48.2 cm³/mol. The third-order valence-corrected chi connectivity index (χ3v) is 2.45. The van der Waals surface area contributed by atoms with Gasteiger partial charge in [-0.05, 0) is 20.0 Å². The summed E-state index contributed by atoms with van der Waals surface area (Å²) in [4.78, 5) is 2.20. The van der Waals surface area contributed by atoms with Gasteiger partial charge in [-0.15, -0.1) is 0 Å². The minimum atomic E-state index is -0.285. The van der Waals surface area contributed by atoms with E-state index in [0.717, 1.165) is 6.54 Å². The second-order valence-corrected chi connectivity index (χ2v) is 3.51. The van der Waals surface area contributed by atoms with Crippen molar-refractivity contribution in [3.63, 3.8) is 0 Å². The molecule has 1 rings (SSSR count). The average Bonchev–Trinajstić information content (AvgIpc) is 2.47. The maximum absolute atomic E-state index is 9.49. The number of hydrogen-bond donors (Lipinski definition) is 1. The fraction of sp³-hybridized carbons (Fsp3) is 1.00. The number of likely N-dealkylation sites (N-methyl/N-ethyl adjacent to an activating group) is 1. The van der Waals surface area contributed by atoms with Crippen LogP contribution in [-0.2, 0) is 4.74 Å². The van der Waals surface area contributed by atoms with Gasteiger partial charge in [0.2, 0.25) is 0 Å². The molecule has 0 bridgehead atoms. The molecule has 0 amide bonds. The maximum Gasteiger partial charge on any atom is 0.0950 e. The van der Waals surface area contributed by atoms with Crippen LogP contribution in [0.15, 0.2) is 0 Å². The van der Waals surface area contributed by atoms with Gasteiger partial charge >= 0.3 is 0 Å². The van der Waals surface area contributed by atoms with Crippen molar-refractivity contribution in [3.8, 4) is 0 Å². The molecule has 0 aliphatic carbocycles. The number of nitrogens with zero attached hydrogens (tertiary/aromatic N) is 1. The van der Waals surface area contributed by atoms with Gasteiger partial charge in [0.25, 0.3) is 0 Å².